The molecule has 0 rings (SSSR count). The number of carbonyl (C=O) groups is 2. The van der Waals surface area contributed by atoms with E-state index in [4.69, 9.17) is 24.3 Å². The second kappa shape index (κ2) is 42.1. The maximum Gasteiger partial charge on any atom is 0.472 e. The maximum absolute atomic E-state index is 12.6. The van der Waals surface area contributed by atoms with E-state index in [2.05, 4.69) is 38.2 Å². The zero-order valence-electron chi connectivity index (χ0n) is 35.7. The van der Waals surface area contributed by atoms with Crippen LogP contribution in [0.25, 0.3) is 0 Å². The van der Waals surface area contributed by atoms with Gasteiger partial charge in [0.2, 0.25) is 0 Å². The van der Waals surface area contributed by atoms with E-state index in [1.54, 1.807) is 0 Å². The van der Waals surface area contributed by atoms with Crippen LogP contribution >= 0.6 is 7.82 Å². The topological polar surface area (TPSA) is 134 Å². The van der Waals surface area contributed by atoms with E-state index in [9.17, 15) is 19.0 Å². The molecule has 55 heavy (non-hydrogen) atoms. The predicted octanol–water partition coefficient (Wildman–Crippen LogP) is 13.2. The van der Waals surface area contributed by atoms with E-state index in [1.807, 2.05) is 0 Å². The van der Waals surface area contributed by atoms with Gasteiger partial charge in [-0.25, -0.2) is 4.57 Å². The van der Waals surface area contributed by atoms with Gasteiger partial charge in [-0.1, -0.05) is 186 Å². The van der Waals surface area contributed by atoms with E-state index in [0.717, 1.165) is 38.5 Å². The zero-order valence-corrected chi connectivity index (χ0v) is 36.6. The van der Waals surface area contributed by atoms with Crippen molar-refractivity contribution < 1.29 is 37.6 Å². The van der Waals surface area contributed by atoms with Gasteiger partial charge in [-0.2, -0.15) is 0 Å². The number of unbranched alkanes of at least 4 members (excludes halogenated alkanes) is 26. The van der Waals surface area contributed by atoms with Crippen LogP contribution in [-0.4, -0.2) is 49.3 Å². The van der Waals surface area contributed by atoms with E-state index in [1.165, 1.54) is 148 Å². The summed E-state index contributed by atoms with van der Waals surface area (Å²) in [4.78, 5) is 34.7. The molecule has 0 fully saturated rings. The molecule has 0 radical (unpaired) electrons. The Kier molecular flexibility index (Phi) is 40.9. The normalized spacial score (nSPS) is 13.5. The standard InChI is InChI=1S/C45H86NO8P/c1-3-5-7-9-11-12-13-14-15-16-17-18-19-20-21-22-23-24-25-26-27-28-29-30-32-34-36-38-45(48)54-43(42-53-55(49,50)52-40-39-46)41-51-44(47)37-35-33-31-10-8-6-4-2/h13-14,16-17,43H,3-12,15,18-42,46H2,1-2H3,(H,49,50)/b14-13-,17-16-. The zero-order chi connectivity index (χ0) is 40.3. The lowest BCUT2D eigenvalue weighted by atomic mass is 10.0. The van der Waals surface area contributed by atoms with Crippen molar-refractivity contribution >= 4 is 19.8 Å². The monoisotopic (exact) mass is 800 g/mol. The molecule has 9 nitrogen and oxygen atoms in total. The van der Waals surface area contributed by atoms with Crippen LogP contribution in [0.2, 0.25) is 0 Å². The van der Waals surface area contributed by atoms with Crippen molar-refractivity contribution in [2.75, 3.05) is 26.4 Å². The number of esters is 2. The van der Waals surface area contributed by atoms with Gasteiger partial charge in [-0.3, -0.25) is 18.6 Å². The molecule has 0 aromatic heterocycles. The minimum absolute atomic E-state index is 0.0553. The first-order valence-corrected chi connectivity index (χ1v) is 24.3. The van der Waals surface area contributed by atoms with Crippen LogP contribution in [0, 0.1) is 0 Å². The van der Waals surface area contributed by atoms with Crippen molar-refractivity contribution in [2.24, 2.45) is 5.73 Å². The van der Waals surface area contributed by atoms with Crippen molar-refractivity contribution in [1.29, 1.82) is 0 Å². The van der Waals surface area contributed by atoms with Crippen LogP contribution in [0.15, 0.2) is 24.3 Å². The van der Waals surface area contributed by atoms with Crippen molar-refractivity contribution in [3.05, 3.63) is 24.3 Å². The number of hydrogen-bond acceptors (Lipinski definition) is 8. The van der Waals surface area contributed by atoms with Gasteiger partial charge in [-0.15, -0.1) is 0 Å². The summed E-state index contributed by atoms with van der Waals surface area (Å²) >= 11 is 0. The second-order valence-corrected chi connectivity index (χ2v) is 16.7. The third-order valence-corrected chi connectivity index (χ3v) is 10.8. The van der Waals surface area contributed by atoms with Gasteiger partial charge in [0.05, 0.1) is 13.2 Å². The Bertz CT molecular complexity index is 959. The summed E-state index contributed by atoms with van der Waals surface area (Å²) in [7, 11) is -4.37. The highest BCUT2D eigenvalue weighted by atomic mass is 31.2. The molecule has 2 atom stereocenters. The number of nitrogens with two attached hydrogens (primary N) is 1. The molecule has 0 bridgehead atoms. The average molecular weight is 800 g/mol. The number of allylic oxidation sites excluding steroid dienone is 4. The van der Waals surface area contributed by atoms with E-state index in [-0.39, 0.29) is 38.6 Å². The van der Waals surface area contributed by atoms with Crippen molar-refractivity contribution in [3.8, 4) is 0 Å². The number of hydrogen-bond donors (Lipinski definition) is 2. The van der Waals surface area contributed by atoms with Crippen LogP contribution in [0.3, 0.4) is 0 Å². The molecular weight excluding hydrogens is 713 g/mol. The van der Waals surface area contributed by atoms with Crippen molar-refractivity contribution in [2.45, 2.75) is 225 Å². The average Bonchev–Trinajstić information content (AvgIpc) is 3.17. The SMILES string of the molecule is CCCCCCC/C=C\C/C=C\CCCCCCCCCCCCCCCCCC(=O)OC(COC(=O)CCCCCCCCC)COP(=O)(O)OCCN. The number of carbonyl (C=O) groups excluding carboxylic acids is 2. The summed E-state index contributed by atoms with van der Waals surface area (Å²) in [6, 6.07) is 0. The molecule has 0 heterocycles. The minimum Gasteiger partial charge on any atom is -0.462 e. The molecule has 0 aromatic rings. The molecule has 3 N–H and O–H groups in total. The lowest BCUT2D eigenvalue weighted by Crippen LogP contribution is -2.29. The number of phosphoric ester groups is 1. The molecule has 324 valence electrons. The van der Waals surface area contributed by atoms with Crippen LogP contribution in [0.5, 0.6) is 0 Å². The van der Waals surface area contributed by atoms with Crippen LogP contribution in [0.4, 0.5) is 0 Å². The molecule has 0 aliphatic heterocycles. The highest BCUT2D eigenvalue weighted by molar-refractivity contribution is 7.47. The van der Waals surface area contributed by atoms with Crippen LogP contribution in [0.1, 0.15) is 219 Å². The first-order valence-electron chi connectivity index (χ1n) is 22.8. The molecular formula is C45H86NO8P. The Balaban J connectivity index is 3.88. The Morgan fingerprint density at radius 2 is 0.945 bits per heavy atom. The third-order valence-electron chi connectivity index (χ3n) is 9.84. The summed E-state index contributed by atoms with van der Waals surface area (Å²) < 4.78 is 32.6. The molecule has 0 aliphatic carbocycles. The minimum atomic E-state index is -4.37. The molecule has 0 saturated heterocycles. The first-order chi connectivity index (χ1) is 26.8. The fourth-order valence-electron chi connectivity index (χ4n) is 6.43. The third kappa shape index (κ3) is 41.9. The first kappa shape index (κ1) is 53.5. The lowest BCUT2D eigenvalue weighted by Gasteiger charge is -2.19. The smallest absolute Gasteiger partial charge is 0.462 e. The van der Waals surface area contributed by atoms with E-state index in [0.29, 0.717) is 6.42 Å². The molecule has 0 aromatic carbocycles. The van der Waals surface area contributed by atoms with E-state index >= 15 is 0 Å². The number of rotatable bonds is 43. The maximum atomic E-state index is 12.6. The fourth-order valence-corrected chi connectivity index (χ4v) is 7.20. The summed E-state index contributed by atoms with van der Waals surface area (Å²) in [5, 5.41) is 0. The summed E-state index contributed by atoms with van der Waals surface area (Å²) in [6.07, 6.45) is 45.3. The summed E-state index contributed by atoms with van der Waals surface area (Å²) in [5.74, 6) is -0.828. The van der Waals surface area contributed by atoms with E-state index < -0.39 is 26.5 Å². The highest BCUT2D eigenvalue weighted by Gasteiger charge is 2.26. The summed E-state index contributed by atoms with van der Waals surface area (Å²) in [5.41, 5.74) is 5.33. The Morgan fingerprint density at radius 1 is 0.545 bits per heavy atom. The Labute approximate surface area is 338 Å². The highest BCUT2D eigenvalue weighted by Crippen LogP contribution is 2.43. The van der Waals surface area contributed by atoms with Gasteiger partial charge in [0.15, 0.2) is 6.10 Å². The molecule has 10 heteroatoms. The van der Waals surface area contributed by atoms with Gasteiger partial charge in [0.25, 0.3) is 0 Å². The number of ether oxygens (including phenoxy) is 2. The Morgan fingerprint density at radius 3 is 1.38 bits per heavy atom. The predicted molar refractivity (Wildman–Crippen MR) is 229 cm³/mol. The van der Waals surface area contributed by atoms with Gasteiger partial charge < -0.3 is 20.1 Å². The molecule has 0 spiro atoms. The summed E-state index contributed by atoms with van der Waals surface area (Å²) in [6.45, 7) is 3.69. The molecule has 0 amide bonds. The molecule has 0 aliphatic rings. The second-order valence-electron chi connectivity index (χ2n) is 15.3. The van der Waals surface area contributed by atoms with Crippen molar-refractivity contribution in [1.82, 2.24) is 0 Å². The van der Waals surface area contributed by atoms with Gasteiger partial charge in [0.1, 0.15) is 6.61 Å². The van der Waals surface area contributed by atoms with Crippen molar-refractivity contribution in [3.63, 3.8) is 0 Å². The Hall–Kier alpha value is -1.51. The van der Waals surface area contributed by atoms with Gasteiger partial charge >= 0.3 is 19.8 Å². The molecule has 2 unspecified atom stereocenters. The largest absolute Gasteiger partial charge is 0.472 e. The lowest BCUT2D eigenvalue weighted by molar-refractivity contribution is -0.161. The molecule has 0 saturated carbocycles. The van der Waals surface area contributed by atoms with Crippen LogP contribution in [-0.2, 0) is 32.7 Å². The van der Waals surface area contributed by atoms with Crippen LogP contribution < -0.4 is 5.73 Å². The quantitative estimate of drug-likeness (QED) is 0.0267. The van der Waals surface area contributed by atoms with Gasteiger partial charge in [0, 0.05) is 19.4 Å². The number of phosphoric acid groups is 1. The fraction of sp³-hybridized carbons (Fsp3) is 0.867. The van der Waals surface area contributed by atoms with Gasteiger partial charge in [-0.05, 0) is 44.9 Å².